The number of ether oxygens (including phenoxy) is 2. The van der Waals surface area contributed by atoms with Crippen LogP contribution in [0, 0.1) is 0 Å². The summed E-state index contributed by atoms with van der Waals surface area (Å²) < 4.78 is 51.2. The Labute approximate surface area is 178 Å². The van der Waals surface area contributed by atoms with Crippen LogP contribution in [0.1, 0.15) is 56.8 Å². The van der Waals surface area contributed by atoms with Gasteiger partial charge in [-0.2, -0.15) is 13.2 Å². The number of aliphatic carboxylic acids is 1. The number of carbonyl (C=O) groups is 1. The van der Waals surface area contributed by atoms with Crippen molar-refractivity contribution in [3.8, 4) is 6.01 Å². The monoisotopic (exact) mass is 441 g/mol. The van der Waals surface area contributed by atoms with E-state index in [0.717, 1.165) is 0 Å². The maximum absolute atomic E-state index is 13.7. The molecule has 0 radical (unpaired) electrons. The van der Waals surface area contributed by atoms with Crippen molar-refractivity contribution in [3.63, 3.8) is 0 Å². The van der Waals surface area contributed by atoms with E-state index < -0.39 is 18.2 Å². The highest BCUT2D eigenvalue weighted by atomic mass is 19.4. The number of carboxylic acids is 1. The Balaban J connectivity index is 2.49. The first-order valence-corrected chi connectivity index (χ1v) is 9.95. The second kappa shape index (κ2) is 10.9. The molecule has 2 atom stereocenters. The average molecular weight is 441 g/mol. The SMILES string of the molecule is CCOc1ncc(Nc2cc([C@H](CC)CC(=O)O)ccc2[C@@H](OCC)C(F)(F)F)cn1. The molecular formula is C21H26F3N3O4. The highest BCUT2D eigenvalue weighted by Crippen LogP contribution is 2.41. The molecule has 7 nitrogen and oxygen atoms in total. The van der Waals surface area contributed by atoms with E-state index in [-0.39, 0.29) is 36.2 Å². The van der Waals surface area contributed by atoms with Gasteiger partial charge in [0.2, 0.25) is 0 Å². The lowest BCUT2D eigenvalue weighted by molar-refractivity contribution is -0.222. The van der Waals surface area contributed by atoms with Crippen LogP contribution in [-0.2, 0) is 9.53 Å². The molecule has 1 aromatic heterocycles. The summed E-state index contributed by atoms with van der Waals surface area (Å²) in [5.74, 6) is -1.33. The van der Waals surface area contributed by atoms with Gasteiger partial charge in [-0.15, -0.1) is 0 Å². The molecule has 0 aliphatic carbocycles. The second-order valence-electron chi connectivity index (χ2n) is 6.74. The first-order valence-electron chi connectivity index (χ1n) is 9.95. The van der Waals surface area contributed by atoms with Gasteiger partial charge in [0.15, 0.2) is 6.10 Å². The number of anilines is 2. The zero-order chi connectivity index (χ0) is 23.0. The summed E-state index contributed by atoms with van der Waals surface area (Å²) in [6.45, 7) is 5.34. The van der Waals surface area contributed by atoms with Gasteiger partial charge in [0.05, 0.1) is 31.1 Å². The van der Waals surface area contributed by atoms with Crippen LogP contribution in [0.2, 0.25) is 0 Å². The lowest BCUT2D eigenvalue weighted by Crippen LogP contribution is -2.24. The molecule has 0 saturated heterocycles. The molecule has 0 bridgehead atoms. The largest absolute Gasteiger partial charge is 0.481 e. The molecule has 0 fully saturated rings. The minimum Gasteiger partial charge on any atom is -0.481 e. The van der Waals surface area contributed by atoms with Crippen LogP contribution >= 0.6 is 0 Å². The number of hydrogen-bond donors (Lipinski definition) is 2. The van der Waals surface area contributed by atoms with Crippen LogP contribution < -0.4 is 10.1 Å². The topological polar surface area (TPSA) is 93.6 Å². The van der Waals surface area contributed by atoms with Crippen molar-refractivity contribution < 1.29 is 32.5 Å². The van der Waals surface area contributed by atoms with E-state index in [2.05, 4.69) is 15.3 Å². The van der Waals surface area contributed by atoms with Gasteiger partial charge in [0, 0.05) is 17.9 Å². The van der Waals surface area contributed by atoms with Crippen LogP contribution in [0.15, 0.2) is 30.6 Å². The zero-order valence-corrected chi connectivity index (χ0v) is 17.6. The van der Waals surface area contributed by atoms with Crippen LogP contribution in [0.5, 0.6) is 6.01 Å². The van der Waals surface area contributed by atoms with Crippen LogP contribution in [0.4, 0.5) is 24.5 Å². The molecule has 2 aromatic rings. The van der Waals surface area contributed by atoms with Gasteiger partial charge in [-0.05, 0) is 37.8 Å². The molecule has 10 heteroatoms. The van der Waals surface area contributed by atoms with E-state index in [1.54, 1.807) is 6.92 Å². The van der Waals surface area contributed by atoms with Crippen LogP contribution in [0.25, 0.3) is 0 Å². The maximum atomic E-state index is 13.7. The number of halogens is 3. The minimum atomic E-state index is -4.63. The molecule has 0 unspecified atom stereocenters. The fourth-order valence-corrected chi connectivity index (χ4v) is 3.14. The Hall–Kier alpha value is -2.88. The zero-order valence-electron chi connectivity index (χ0n) is 17.6. The number of benzene rings is 1. The van der Waals surface area contributed by atoms with Crippen molar-refractivity contribution in [2.45, 2.75) is 51.8 Å². The van der Waals surface area contributed by atoms with Gasteiger partial charge in [0.25, 0.3) is 0 Å². The maximum Gasteiger partial charge on any atom is 0.418 e. The van der Waals surface area contributed by atoms with E-state index in [1.165, 1.54) is 37.5 Å². The minimum absolute atomic E-state index is 0.114. The van der Waals surface area contributed by atoms with Crippen LogP contribution in [-0.4, -0.2) is 40.4 Å². The van der Waals surface area contributed by atoms with Gasteiger partial charge in [-0.1, -0.05) is 19.1 Å². The van der Waals surface area contributed by atoms with E-state index in [1.807, 2.05) is 6.92 Å². The molecule has 170 valence electrons. The molecular weight excluding hydrogens is 415 g/mol. The summed E-state index contributed by atoms with van der Waals surface area (Å²) in [4.78, 5) is 19.2. The highest BCUT2D eigenvalue weighted by molar-refractivity contribution is 5.69. The molecule has 2 N–H and O–H groups in total. The Morgan fingerprint density at radius 1 is 1.16 bits per heavy atom. The van der Waals surface area contributed by atoms with Crippen molar-refractivity contribution in [3.05, 3.63) is 41.7 Å². The Morgan fingerprint density at radius 2 is 1.84 bits per heavy atom. The number of rotatable bonds is 11. The second-order valence-corrected chi connectivity index (χ2v) is 6.74. The molecule has 0 aliphatic heterocycles. The highest BCUT2D eigenvalue weighted by Gasteiger charge is 2.43. The quantitative estimate of drug-likeness (QED) is 0.493. The molecule has 1 aromatic carbocycles. The lowest BCUT2D eigenvalue weighted by Gasteiger charge is -2.25. The number of nitrogens with zero attached hydrogens (tertiary/aromatic N) is 2. The Kier molecular flexibility index (Phi) is 8.61. The Bertz CT molecular complexity index is 860. The standard InChI is InChI=1S/C21H26F3N3O4/c1-4-13(10-18(28)29)14-7-8-16(19(30-5-2)21(22,23)24)17(9-14)27-15-11-25-20(26-12-15)31-6-3/h7-9,11-13,19,27H,4-6,10H2,1-3H3,(H,28,29)/t13-,19-/m1/s1. The number of hydrogen-bond acceptors (Lipinski definition) is 6. The third-order valence-electron chi connectivity index (χ3n) is 4.56. The van der Waals surface area contributed by atoms with Crippen molar-refractivity contribution in [2.75, 3.05) is 18.5 Å². The summed E-state index contributed by atoms with van der Waals surface area (Å²) in [6, 6.07) is 4.52. The van der Waals surface area contributed by atoms with Crippen molar-refractivity contribution >= 4 is 17.3 Å². The average Bonchev–Trinajstić information content (AvgIpc) is 2.71. The molecule has 0 saturated carbocycles. The van der Waals surface area contributed by atoms with Gasteiger partial charge >= 0.3 is 18.2 Å². The smallest absolute Gasteiger partial charge is 0.418 e. The molecule has 0 amide bonds. The first kappa shape index (κ1) is 24.4. The van der Waals surface area contributed by atoms with E-state index >= 15 is 0 Å². The third-order valence-corrected chi connectivity index (χ3v) is 4.56. The third kappa shape index (κ3) is 6.81. The van der Waals surface area contributed by atoms with Crippen molar-refractivity contribution in [1.82, 2.24) is 9.97 Å². The summed E-state index contributed by atoms with van der Waals surface area (Å²) in [7, 11) is 0. The van der Waals surface area contributed by atoms with Gasteiger partial charge < -0.3 is 19.9 Å². The van der Waals surface area contributed by atoms with Gasteiger partial charge in [-0.3, -0.25) is 4.79 Å². The van der Waals surface area contributed by atoms with Crippen LogP contribution in [0.3, 0.4) is 0 Å². The fraction of sp³-hybridized carbons (Fsp3) is 0.476. The van der Waals surface area contributed by atoms with E-state index in [9.17, 15) is 18.0 Å². The number of carboxylic acid groups (broad SMARTS) is 1. The van der Waals surface area contributed by atoms with Gasteiger partial charge in [0.1, 0.15) is 0 Å². The molecule has 0 spiro atoms. The molecule has 31 heavy (non-hydrogen) atoms. The number of alkyl halides is 3. The summed E-state index contributed by atoms with van der Waals surface area (Å²) in [5.41, 5.74) is 0.994. The summed E-state index contributed by atoms with van der Waals surface area (Å²) in [5, 5.41) is 12.1. The number of aromatic nitrogens is 2. The van der Waals surface area contributed by atoms with Gasteiger partial charge in [-0.25, -0.2) is 9.97 Å². The van der Waals surface area contributed by atoms with E-state index in [4.69, 9.17) is 14.6 Å². The van der Waals surface area contributed by atoms with Crippen molar-refractivity contribution in [1.29, 1.82) is 0 Å². The first-order chi connectivity index (χ1) is 14.7. The summed E-state index contributed by atoms with van der Waals surface area (Å²) in [6.07, 6.45) is -3.59. The fourth-order valence-electron chi connectivity index (χ4n) is 3.14. The Morgan fingerprint density at radius 3 is 2.35 bits per heavy atom. The van der Waals surface area contributed by atoms with E-state index in [0.29, 0.717) is 24.3 Å². The molecule has 2 rings (SSSR count). The summed E-state index contributed by atoms with van der Waals surface area (Å²) >= 11 is 0. The number of nitrogens with one attached hydrogen (secondary N) is 1. The normalized spacial score (nSPS) is 13.5. The predicted molar refractivity (Wildman–Crippen MR) is 109 cm³/mol. The predicted octanol–water partition coefficient (Wildman–Crippen LogP) is 5.23. The van der Waals surface area contributed by atoms with Crippen molar-refractivity contribution in [2.24, 2.45) is 0 Å². The molecule has 1 heterocycles. The molecule has 0 aliphatic rings. The lowest BCUT2D eigenvalue weighted by atomic mass is 9.91.